The van der Waals surface area contributed by atoms with E-state index in [0.717, 1.165) is 19.6 Å². The van der Waals surface area contributed by atoms with Gasteiger partial charge < -0.3 is 19.9 Å². The van der Waals surface area contributed by atoms with Crippen molar-refractivity contribution >= 4 is 11.9 Å². The van der Waals surface area contributed by atoms with E-state index in [1.165, 1.54) is 12.8 Å². The lowest BCUT2D eigenvalue weighted by atomic mass is 10.1. The van der Waals surface area contributed by atoms with Crippen molar-refractivity contribution in [3.8, 4) is 0 Å². The molecule has 1 saturated heterocycles. The molecule has 6 heteroatoms. The zero-order valence-corrected chi connectivity index (χ0v) is 13.6. The lowest BCUT2D eigenvalue weighted by Gasteiger charge is -2.14. The van der Waals surface area contributed by atoms with Gasteiger partial charge in [0, 0.05) is 18.8 Å². The number of aromatic nitrogens is 1. The molecule has 0 aromatic carbocycles. The normalized spacial score (nSPS) is 15.0. The zero-order chi connectivity index (χ0) is 16.1. The van der Waals surface area contributed by atoms with Gasteiger partial charge in [-0.1, -0.05) is 0 Å². The van der Waals surface area contributed by atoms with Crippen molar-refractivity contribution in [1.29, 1.82) is 0 Å². The summed E-state index contributed by atoms with van der Waals surface area (Å²) in [6, 6.07) is 0. The van der Waals surface area contributed by atoms with Crippen LogP contribution >= 0.6 is 0 Å². The first-order valence-corrected chi connectivity index (χ1v) is 7.91. The van der Waals surface area contributed by atoms with Gasteiger partial charge in [-0.25, -0.2) is 4.79 Å². The number of aryl methyl sites for hydroxylation is 1. The van der Waals surface area contributed by atoms with Gasteiger partial charge in [-0.15, -0.1) is 0 Å². The fourth-order valence-electron chi connectivity index (χ4n) is 2.91. The summed E-state index contributed by atoms with van der Waals surface area (Å²) in [5.74, 6) is -0.555. The van der Waals surface area contributed by atoms with Crippen molar-refractivity contribution in [2.24, 2.45) is 0 Å². The van der Waals surface area contributed by atoms with E-state index < -0.39 is 0 Å². The summed E-state index contributed by atoms with van der Waals surface area (Å²) >= 11 is 0. The largest absolute Gasteiger partial charge is 0.462 e. The number of carbonyl (C=O) groups is 2. The molecule has 0 saturated carbocycles. The minimum absolute atomic E-state index is 0.171. The van der Waals surface area contributed by atoms with Gasteiger partial charge in [0.05, 0.1) is 12.2 Å². The Labute approximate surface area is 131 Å². The highest BCUT2D eigenvalue weighted by molar-refractivity contribution is 6.00. The third-order valence-electron chi connectivity index (χ3n) is 4.06. The number of nitrogens with zero attached hydrogens (tertiary/aromatic N) is 1. The van der Waals surface area contributed by atoms with E-state index in [2.05, 4.69) is 15.2 Å². The molecule has 2 N–H and O–H groups in total. The first-order valence-electron chi connectivity index (χ1n) is 7.91. The average Bonchev–Trinajstić information content (AvgIpc) is 3.07. The molecule has 0 bridgehead atoms. The number of esters is 1. The topological polar surface area (TPSA) is 74.4 Å². The maximum absolute atomic E-state index is 12.3. The van der Waals surface area contributed by atoms with Crippen LogP contribution in [0.3, 0.4) is 0 Å². The molecule has 1 aliphatic rings. The minimum atomic E-state index is -0.384. The molecule has 1 amide bonds. The van der Waals surface area contributed by atoms with E-state index >= 15 is 0 Å². The fourth-order valence-corrected chi connectivity index (χ4v) is 2.91. The van der Waals surface area contributed by atoms with Gasteiger partial charge >= 0.3 is 5.97 Å². The van der Waals surface area contributed by atoms with E-state index in [-0.39, 0.29) is 11.9 Å². The van der Waals surface area contributed by atoms with Crippen molar-refractivity contribution < 1.29 is 14.3 Å². The predicted molar refractivity (Wildman–Crippen MR) is 84.2 cm³/mol. The van der Waals surface area contributed by atoms with Gasteiger partial charge in [0.1, 0.15) is 5.69 Å². The first kappa shape index (κ1) is 16.5. The molecule has 122 valence electrons. The van der Waals surface area contributed by atoms with E-state index in [0.29, 0.717) is 35.7 Å². The summed E-state index contributed by atoms with van der Waals surface area (Å²) in [5, 5.41) is 2.91. The van der Waals surface area contributed by atoms with E-state index in [1.54, 1.807) is 20.8 Å². The highest BCUT2D eigenvalue weighted by Gasteiger charge is 2.22. The minimum Gasteiger partial charge on any atom is -0.462 e. The van der Waals surface area contributed by atoms with Gasteiger partial charge in [-0.05, 0) is 52.3 Å². The molecule has 1 fully saturated rings. The van der Waals surface area contributed by atoms with Gasteiger partial charge in [-0.2, -0.15) is 0 Å². The Kier molecular flexibility index (Phi) is 5.60. The molecule has 0 unspecified atom stereocenters. The van der Waals surface area contributed by atoms with Crippen molar-refractivity contribution in [1.82, 2.24) is 15.2 Å². The highest BCUT2D eigenvalue weighted by atomic mass is 16.5. The molecule has 0 atom stereocenters. The van der Waals surface area contributed by atoms with Gasteiger partial charge in [0.15, 0.2) is 0 Å². The van der Waals surface area contributed by atoms with Crippen molar-refractivity contribution in [2.45, 2.75) is 33.6 Å². The molecular weight excluding hydrogens is 282 g/mol. The summed E-state index contributed by atoms with van der Waals surface area (Å²) < 4.78 is 5.03. The molecular formula is C16H25N3O3. The summed E-state index contributed by atoms with van der Waals surface area (Å²) in [7, 11) is 0. The lowest BCUT2D eigenvalue weighted by Crippen LogP contribution is -2.33. The number of H-pyrrole nitrogens is 1. The second-order valence-corrected chi connectivity index (χ2v) is 5.65. The Balaban J connectivity index is 1.97. The number of rotatable bonds is 6. The second-order valence-electron chi connectivity index (χ2n) is 5.65. The number of hydrogen-bond donors (Lipinski definition) is 2. The van der Waals surface area contributed by atoms with E-state index in [1.807, 2.05) is 0 Å². The van der Waals surface area contributed by atoms with Crippen LogP contribution in [0.25, 0.3) is 0 Å². The maximum Gasteiger partial charge on any atom is 0.340 e. The third kappa shape index (κ3) is 3.68. The number of likely N-dealkylation sites (tertiary alicyclic amines) is 1. The fraction of sp³-hybridized carbons (Fsp3) is 0.625. The number of ether oxygens (including phenoxy) is 1. The molecule has 0 radical (unpaired) electrons. The quantitative estimate of drug-likeness (QED) is 0.783. The number of aromatic amines is 1. The van der Waals surface area contributed by atoms with Gasteiger partial charge in [-0.3, -0.25) is 4.79 Å². The van der Waals surface area contributed by atoms with E-state index in [9.17, 15) is 9.59 Å². The number of amides is 1. The molecule has 1 aromatic heterocycles. The van der Waals surface area contributed by atoms with Crippen LogP contribution in [0, 0.1) is 13.8 Å². The summed E-state index contributed by atoms with van der Waals surface area (Å²) in [6.07, 6.45) is 2.48. The van der Waals surface area contributed by atoms with Gasteiger partial charge in [0.2, 0.25) is 0 Å². The SMILES string of the molecule is CCOC(=O)c1c(C)[nH]c(C(=O)NCCN2CCCC2)c1C. The van der Waals surface area contributed by atoms with Crippen LogP contribution in [0.15, 0.2) is 0 Å². The molecule has 0 aliphatic carbocycles. The summed E-state index contributed by atoms with van der Waals surface area (Å²) in [6.45, 7) is 9.35. The summed E-state index contributed by atoms with van der Waals surface area (Å²) in [5.41, 5.74) is 2.23. The smallest absolute Gasteiger partial charge is 0.340 e. The van der Waals surface area contributed by atoms with Crippen LogP contribution in [-0.4, -0.2) is 54.5 Å². The van der Waals surface area contributed by atoms with Crippen LogP contribution in [0.5, 0.6) is 0 Å². The van der Waals surface area contributed by atoms with Crippen molar-refractivity contribution in [2.75, 3.05) is 32.8 Å². The Bertz CT molecular complexity index is 545. The molecule has 6 nitrogen and oxygen atoms in total. The predicted octanol–water partition coefficient (Wildman–Crippen LogP) is 1.63. The molecule has 2 rings (SSSR count). The lowest BCUT2D eigenvalue weighted by molar-refractivity contribution is 0.0525. The number of carbonyl (C=O) groups excluding carboxylic acids is 2. The Hall–Kier alpha value is -1.82. The first-order chi connectivity index (χ1) is 10.5. The Morgan fingerprint density at radius 3 is 2.59 bits per heavy atom. The van der Waals surface area contributed by atoms with Gasteiger partial charge in [0.25, 0.3) is 5.91 Å². The molecule has 2 heterocycles. The third-order valence-corrected chi connectivity index (χ3v) is 4.06. The van der Waals surface area contributed by atoms with E-state index in [4.69, 9.17) is 4.74 Å². The molecule has 1 aromatic rings. The molecule has 22 heavy (non-hydrogen) atoms. The Morgan fingerprint density at radius 2 is 1.95 bits per heavy atom. The molecule has 1 aliphatic heterocycles. The zero-order valence-electron chi connectivity index (χ0n) is 13.6. The van der Waals surface area contributed by atoms with Crippen LogP contribution < -0.4 is 5.32 Å². The number of hydrogen-bond acceptors (Lipinski definition) is 4. The van der Waals surface area contributed by atoms with Crippen LogP contribution in [0.2, 0.25) is 0 Å². The average molecular weight is 307 g/mol. The monoisotopic (exact) mass is 307 g/mol. The highest BCUT2D eigenvalue weighted by Crippen LogP contribution is 2.19. The standard InChI is InChI=1S/C16H25N3O3/c1-4-22-16(21)13-11(2)14(18-12(13)3)15(20)17-7-10-19-8-5-6-9-19/h18H,4-10H2,1-3H3,(H,17,20). The second kappa shape index (κ2) is 7.45. The molecule has 0 spiro atoms. The summed E-state index contributed by atoms with van der Waals surface area (Å²) in [4.78, 5) is 29.6. The maximum atomic E-state index is 12.3. The number of nitrogens with one attached hydrogen (secondary N) is 2. The van der Waals surface area contributed by atoms with Crippen LogP contribution in [0.1, 0.15) is 51.9 Å². The van der Waals surface area contributed by atoms with Crippen LogP contribution in [0.4, 0.5) is 0 Å². The van der Waals surface area contributed by atoms with Crippen molar-refractivity contribution in [3.05, 3.63) is 22.5 Å². The van der Waals surface area contributed by atoms with Crippen LogP contribution in [-0.2, 0) is 4.74 Å². The Morgan fingerprint density at radius 1 is 1.27 bits per heavy atom. The van der Waals surface area contributed by atoms with Crippen molar-refractivity contribution in [3.63, 3.8) is 0 Å².